The van der Waals surface area contributed by atoms with E-state index in [0.29, 0.717) is 64.2 Å². The lowest BCUT2D eigenvalue weighted by molar-refractivity contribution is -0.146. The molecule has 4 atom stereocenters. The zero-order chi connectivity index (χ0) is 32.0. The molecule has 42 heavy (non-hydrogen) atoms. The standard InChI is InChI=1S/C30H58O12/c1-23(15-25(37)7-11-29(17-31,18-32)19-33)9-13-41-27(39)5-3-4-6-28(40)42-14-10-24(2)16-26(38)8-12-30(20-34,21-35)22-36/h23-26,31-38H,3-22H2,1-2H3. The zero-order valence-electron chi connectivity index (χ0n) is 25.7. The molecule has 8 N–H and O–H groups in total. The lowest BCUT2D eigenvalue weighted by atomic mass is 9.83. The third-order valence-corrected chi connectivity index (χ3v) is 8.14. The van der Waals surface area contributed by atoms with Crippen molar-refractivity contribution in [1.29, 1.82) is 0 Å². The highest BCUT2D eigenvalue weighted by atomic mass is 16.5. The van der Waals surface area contributed by atoms with Crippen molar-refractivity contribution in [1.82, 2.24) is 0 Å². The van der Waals surface area contributed by atoms with Gasteiger partial charge >= 0.3 is 11.9 Å². The van der Waals surface area contributed by atoms with E-state index in [1.807, 2.05) is 13.8 Å². The monoisotopic (exact) mass is 610 g/mol. The highest BCUT2D eigenvalue weighted by Gasteiger charge is 2.30. The minimum absolute atomic E-state index is 0.0867. The van der Waals surface area contributed by atoms with Crippen LogP contribution in [-0.2, 0) is 19.1 Å². The summed E-state index contributed by atoms with van der Waals surface area (Å²) in [5.74, 6) is -0.528. The average Bonchev–Trinajstić information content (AvgIpc) is 2.97. The highest BCUT2D eigenvalue weighted by Crippen LogP contribution is 2.26. The van der Waals surface area contributed by atoms with E-state index in [9.17, 15) is 50.4 Å². The summed E-state index contributed by atoms with van der Waals surface area (Å²) >= 11 is 0. The van der Waals surface area contributed by atoms with Crippen LogP contribution in [0.15, 0.2) is 0 Å². The van der Waals surface area contributed by atoms with Gasteiger partial charge in [-0.05, 0) is 76.0 Å². The molecule has 0 bridgehead atoms. The van der Waals surface area contributed by atoms with Gasteiger partial charge in [-0.25, -0.2) is 0 Å². The number of carbonyl (C=O) groups is 2. The van der Waals surface area contributed by atoms with E-state index in [2.05, 4.69) is 0 Å². The number of hydrogen-bond acceptors (Lipinski definition) is 12. The number of esters is 2. The Bertz CT molecular complexity index is 621. The fraction of sp³-hybridized carbons (Fsp3) is 0.933. The van der Waals surface area contributed by atoms with Crippen molar-refractivity contribution in [3.63, 3.8) is 0 Å². The fourth-order valence-electron chi connectivity index (χ4n) is 4.55. The van der Waals surface area contributed by atoms with Crippen LogP contribution in [0.3, 0.4) is 0 Å². The van der Waals surface area contributed by atoms with Crippen LogP contribution in [0.25, 0.3) is 0 Å². The Morgan fingerprint density at radius 1 is 0.571 bits per heavy atom. The van der Waals surface area contributed by atoms with Crippen molar-refractivity contribution in [2.75, 3.05) is 52.9 Å². The molecule has 12 nitrogen and oxygen atoms in total. The molecular formula is C30H58O12. The van der Waals surface area contributed by atoms with E-state index < -0.39 is 23.0 Å². The molecule has 0 saturated heterocycles. The Morgan fingerprint density at radius 3 is 1.17 bits per heavy atom. The fourth-order valence-corrected chi connectivity index (χ4v) is 4.55. The van der Waals surface area contributed by atoms with Gasteiger partial charge in [0.1, 0.15) is 0 Å². The van der Waals surface area contributed by atoms with Crippen LogP contribution in [0.2, 0.25) is 0 Å². The SMILES string of the molecule is CC(CCOC(=O)CCCCC(=O)OCCC(C)CC(O)CCC(CO)(CO)CO)CC(O)CCC(CO)(CO)CO. The minimum Gasteiger partial charge on any atom is -0.466 e. The molecule has 0 aliphatic heterocycles. The van der Waals surface area contributed by atoms with Gasteiger partial charge in [0, 0.05) is 23.7 Å². The Labute approximate surface area is 250 Å². The summed E-state index contributed by atoms with van der Waals surface area (Å²) in [5, 5.41) is 76.7. The van der Waals surface area contributed by atoms with Crippen LogP contribution in [0, 0.1) is 22.7 Å². The Hall–Kier alpha value is -1.38. The number of ether oxygens (including phenoxy) is 2. The second-order valence-corrected chi connectivity index (χ2v) is 12.2. The van der Waals surface area contributed by atoms with Crippen LogP contribution in [0.5, 0.6) is 0 Å². The summed E-state index contributed by atoms with van der Waals surface area (Å²) in [4.78, 5) is 24.0. The predicted molar refractivity (Wildman–Crippen MR) is 155 cm³/mol. The third-order valence-electron chi connectivity index (χ3n) is 8.14. The number of carbonyl (C=O) groups excluding carboxylic acids is 2. The Morgan fingerprint density at radius 2 is 0.881 bits per heavy atom. The molecule has 0 amide bonds. The molecule has 0 saturated carbocycles. The molecule has 0 aromatic carbocycles. The maximum atomic E-state index is 12.0. The van der Waals surface area contributed by atoms with Crippen molar-refractivity contribution < 1.29 is 59.9 Å². The maximum absolute atomic E-state index is 12.0. The Kier molecular flexibility index (Phi) is 22.3. The molecule has 0 aromatic heterocycles. The number of aliphatic hydroxyl groups is 8. The van der Waals surface area contributed by atoms with Crippen LogP contribution >= 0.6 is 0 Å². The van der Waals surface area contributed by atoms with E-state index in [-0.39, 0.29) is 89.5 Å². The van der Waals surface area contributed by atoms with Crippen molar-refractivity contribution in [2.24, 2.45) is 22.7 Å². The number of rotatable bonds is 27. The quantitative estimate of drug-likeness (QED) is 0.0476. The molecule has 0 aliphatic rings. The maximum Gasteiger partial charge on any atom is 0.305 e. The van der Waals surface area contributed by atoms with Gasteiger partial charge in [0.2, 0.25) is 0 Å². The molecular weight excluding hydrogens is 552 g/mol. The Balaban J connectivity index is 3.95. The summed E-state index contributed by atoms with van der Waals surface area (Å²) in [5.41, 5.74) is -2.00. The van der Waals surface area contributed by atoms with Crippen LogP contribution < -0.4 is 0 Å². The van der Waals surface area contributed by atoms with E-state index in [0.717, 1.165) is 0 Å². The lowest BCUT2D eigenvalue weighted by Gasteiger charge is -2.28. The summed E-state index contributed by atoms with van der Waals surface area (Å²) in [6.45, 7) is 2.15. The molecule has 0 heterocycles. The van der Waals surface area contributed by atoms with Gasteiger partial charge in [-0.15, -0.1) is 0 Å². The number of hydrogen-bond donors (Lipinski definition) is 8. The first kappa shape index (κ1) is 40.6. The van der Waals surface area contributed by atoms with E-state index >= 15 is 0 Å². The summed E-state index contributed by atoms with van der Waals surface area (Å²) in [6.07, 6.45) is 3.40. The number of unbranched alkanes of at least 4 members (excludes halogenated alkanes) is 1. The first-order valence-electron chi connectivity index (χ1n) is 15.3. The smallest absolute Gasteiger partial charge is 0.305 e. The van der Waals surface area contributed by atoms with Crippen molar-refractivity contribution in [2.45, 2.75) is 103 Å². The molecule has 0 spiro atoms. The van der Waals surface area contributed by atoms with Crippen molar-refractivity contribution >= 4 is 11.9 Å². The molecule has 12 heteroatoms. The first-order chi connectivity index (χ1) is 19.9. The molecule has 0 fully saturated rings. The van der Waals surface area contributed by atoms with Crippen LogP contribution in [0.1, 0.15) is 90.9 Å². The minimum atomic E-state index is -1.000. The molecule has 0 aromatic rings. The molecule has 0 aliphatic carbocycles. The van der Waals surface area contributed by atoms with Gasteiger partial charge in [0.25, 0.3) is 0 Å². The van der Waals surface area contributed by atoms with Crippen molar-refractivity contribution in [3.8, 4) is 0 Å². The van der Waals surface area contributed by atoms with E-state index in [1.54, 1.807) is 0 Å². The topological polar surface area (TPSA) is 214 Å². The molecule has 4 unspecified atom stereocenters. The van der Waals surface area contributed by atoms with Crippen LogP contribution in [0.4, 0.5) is 0 Å². The van der Waals surface area contributed by atoms with Gasteiger partial charge in [-0.3, -0.25) is 9.59 Å². The predicted octanol–water partition coefficient (Wildman–Crippen LogP) is 0.675. The molecule has 0 radical (unpaired) electrons. The van der Waals surface area contributed by atoms with Gasteiger partial charge in [0.15, 0.2) is 0 Å². The van der Waals surface area contributed by atoms with E-state index in [1.165, 1.54) is 0 Å². The van der Waals surface area contributed by atoms with Gasteiger partial charge in [-0.1, -0.05) is 13.8 Å². The molecule has 250 valence electrons. The average molecular weight is 611 g/mol. The zero-order valence-corrected chi connectivity index (χ0v) is 25.7. The van der Waals surface area contributed by atoms with Gasteiger partial charge < -0.3 is 50.3 Å². The normalized spacial score (nSPS) is 15.2. The van der Waals surface area contributed by atoms with Gasteiger partial charge in [0.05, 0.1) is 65.1 Å². The van der Waals surface area contributed by atoms with Gasteiger partial charge in [-0.2, -0.15) is 0 Å². The number of aliphatic hydroxyl groups excluding tert-OH is 8. The van der Waals surface area contributed by atoms with Crippen LogP contribution in [-0.4, -0.2) is 118 Å². The third kappa shape index (κ3) is 17.7. The molecule has 0 rings (SSSR count). The second-order valence-electron chi connectivity index (χ2n) is 12.2. The first-order valence-corrected chi connectivity index (χ1v) is 15.3. The van der Waals surface area contributed by atoms with Crippen molar-refractivity contribution in [3.05, 3.63) is 0 Å². The summed E-state index contributed by atoms with van der Waals surface area (Å²) in [7, 11) is 0. The lowest BCUT2D eigenvalue weighted by Crippen LogP contribution is -2.35. The van der Waals surface area contributed by atoms with E-state index in [4.69, 9.17) is 9.47 Å². The summed E-state index contributed by atoms with van der Waals surface area (Å²) < 4.78 is 10.5. The largest absolute Gasteiger partial charge is 0.466 e. The summed E-state index contributed by atoms with van der Waals surface area (Å²) in [6, 6.07) is 0. The highest BCUT2D eigenvalue weighted by molar-refractivity contribution is 5.70. The second kappa shape index (κ2) is 23.1.